The molecule has 0 unspecified atom stereocenters. The molecule has 5 aromatic carbocycles. The van der Waals surface area contributed by atoms with E-state index in [-0.39, 0.29) is 10.8 Å². The van der Waals surface area contributed by atoms with E-state index in [9.17, 15) is 0 Å². The van der Waals surface area contributed by atoms with Gasteiger partial charge in [0.25, 0.3) is 0 Å². The molecule has 0 aliphatic rings. The minimum Gasteiger partial charge on any atom is -0.308 e. The molecule has 0 fully saturated rings. The third-order valence-corrected chi connectivity index (χ3v) is 10.1. The van der Waals surface area contributed by atoms with Gasteiger partial charge in [-0.25, -0.2) is 0 Å². The van der Waals surface area contributed by atoms with Gasteiger partial charge in [-0.1, -0.05) is 90.1 Å². The summed E-state index contributed by atoms with van der Waals surface area (Å²) in [5.41, 5.74) is 9.76. The van der Waals surface area contributed by atoms with E-state index in [4.69, 9.17) is 0 Å². The molecule has 0 aliphatic heterocycles. The van der Waals surface area contributed by atoms with Gasteiger partial charge in [0.1, 0.15) is 0 Å². The Morgan fingerprint density at radius 1 is 0.476 bits per heavy atom. The summed E-state index contributed by atoms with van der Waals surface area (Å²) in [5, 5.41) is 4.93. The smallest absolute Gasteiger partial charge is 0.0702 e. The van der Waals surface area contributed by atoms with Crippen molar-refractivity contribution < 1.29 is 0 Å². The van der Waals surface area contributed by atoms with Crippen molar-refractivity contribution >= 4 is 75.5 Å². The van der Waals surface area contributed by atoms with Crippen molar-refractivity contribution in [1.82, 2.24) is 9.13 Å². The summed E-state index contributed by atoms with van der Waals surface area (Å²) >= 11 is 8.46. The number of para-hydroxylation sites is 2. The third kappa shape index (κ3) is 4.10. The first kappa shape index (κ1) is 27.5. The number of aromatic nitrogens is 2. The SMILES string of the molecule is CC(C)(C)c1ccc2c(c1)c1c(Br)c3c(c(Br)c1n2-c1ccccc1)c1cc(C(C)(C)C)ccc1n3-c1ccccc1. The maximum absolute atomic E-state index is 4.23. The maximum Gasteiger partial charge on any atom is 0.0702 e. The normalized spacial score (nSPS) is 12.8. The zero-order valence-corrected chi connectivity index (χ0v) is 28.1. The van der Waals surface area contributed by atoms with Crippen molar-refractivity contribution in [1.29, 1.82) is 0 Å². The van der Waals surface area contributed by atoms with Crippen LogP contribution in [0.4, 0.5) is 0 Å². The molecule has 0 spiro atoms. The van der Waals surface area contributed by atoms with Gasteiger partial charge >= 0.3 is 0 Å². The van der Waals surface area contributed by atoms with Crippen molar-refractivity contribution in [2.45, 2.75) is 52.4 Å². The standard InChI is InChI=1S/C38H34Br2N2/c1-37(2,3)23-17-19-29-27(21-23)31-33(39)36-32(34(40)35(31)41(29)25-13-9-7-10-14-25)28-22-24(38(4,5)6)18-20-30(28)42(36)26-15-11-8-12-16-26/h7-22H,1-6H3. The van der Waals surface area contributed by atoms with E-state index in [0.29, 0.717) is 0 Å². The molecule has 210 valence electrons. The van der Waals surface area contributed by atoms with Gasteiger partial charge in [-0.2, -0.15) is 0 Å². The summed E-state index contributed by atoms with van der Waals surface area (Å²) in [7, 11) is 0. The molecule has 0 radical (unpaired) electrons. The van der Waals surface area contributed by atoms with Crippen LogP contribution >= 0.6 is 31.9 Å². The van der Waals surface area contributed by atoms with Gasteiger partial charge in [0.15, 0.2) is 0 Å². The van der Waals surface area contributed by atoms with Crippen LogP contribution in [0.5, 0.6) is 0 Å². The molecule has 2 nitrogen and oxygen atoms in total. The molecule has 7 rings (SSSR count). The van der Waals surface area contributed by atoms with Crippen molar-refractivity contribution in [3.05, 3.63) is 117 Å². The molecule has 0 aliphatic carbocycles. The van der Waals surface area contributed by atoms with Crippen molar-refractivity contribution in [2.75, 3.05) is 0 Å². The molecule has 7 aromatic rings. The van der Waals surface area contributed by atoms with Gasteiger partial charge in [0.05, 0.1) is 31.0 Å². The van der Waals surface area contributed by atoms with E-state index in [1.54, 1.807) is 0 Å². The van der Waals surface area contributed by atoms with Crippen LogP contribution in [0.25, 0.3) is 55.0 Å². The van der Waals surface area contributed by atoms with Crippen LogP contribution in [0, 0.1) is 0 Å². The van der Waals surface area contributed by atoms with Crippen LogP contribution in [-0.2, 0) is 10.8 Å². The first-order chi connectivity index (χ1) is 20.0. The molecule has 0 saturated carbocycles. The molecule has 0 amide bonds. The molecular formula is C38H34Br2N2. The van der Waals surface area contributed by atoms with Gasteiger partial charge in [0.2, 0.25) is 0 Å². The Morgan fingerprint density at radius 3 is 1.17 bits per heavy atom. The predicted octanol–water partition coefficient (Wildman–Crippen LogP) is 12.0. The molecular weight excluding hydrogens is 644 g/mol. The number of hydrogen-bond donors (Lipinski definition) is 0. The quantitative estimate of drug-likeness (QED) is 0.172. The van der Waals surface area contributed by atoms with Gasteiger partial charge in [-0.05, 0) is 102 Å². The minimum absolute atomic E-state index is 0.0332. The second-order valence-electron chi connectivity index (χ2n) is 13.4. The summed E-state index contributed by atoms with van der Waals surface area (Å²) in [6.07, 6.45) is 0. The average Bonchev–Trinajstić information content (AvgIpc) is 3.49. The topological polar surface area (TPSA) is 9.86 Å². The first-order valence-corrected chi connectivity index (χ1v) is 16.1. The number of benzene rings is 5. The summed E-state index contributed by atoms with van der Waals surface area (Å²) in [4.78, 5) is 0. The Balaban J connectivity index is 1.77. The predicted molar refractivity (Wildman–Crippen MR) is 188 cm³/mol. The first-order valence-electron chi connectivity index (χ1n) is 14.5. The van der Waals surface area contributed by atoms with Crippen LogP contribution in [-0.4, -0.2) is 9.13 Å². The van der Waals surface area contributed by atoms with Crippen LogP contribution < -0.4 is 0 Å². The molecule has 0 saturated heterocycles. The van der Waals surface area contributed by atoms with Gasteiger partial charge in [0, 0.05) is 32.9 Å². The number of nitrogens with zero attached hydrogens (tertiary/aromatic N) is 2. The monoisotopic (exact) mass is 676 g/mol. The summed E-state index contributed by atoms with van der Waals surface area (Å²) < 4.78 is 7.06. The largest absolute Gasteiger partial charge is 0.308 e. The van der Waals surface area contributed by atoms with E-state index < -0.39 is 0 Å². The van der Waals surface area contributed by atoms with Crippen molar-refractivity contribution in [3.8, 4) is 11.4 Å². The summed E-state index contributed by atoms with van der Waals surface area (Å²) in [5.74, 6) is 0. The second-order valence-corrected chi connectivity index (χ2v) is 15.0. The highest BCUT2D eigenvalue weighted by molar-refractivity contribution is 9.11. The molecule has 2 aromatic heterocycles. The molecule has 0 atom stereocenters. The van der Waals surface area contributed by atoms with Crippen LogP contribution in [0.15, 0.2) is 106 Å². The number of halogens is 2. The lowest BCUT2D eigenvalue weighted by molar-refractivity contribution is 0.591. The Morgan fingerprint density at radius 2 is 0.833 bits per heavy atom. The fraction of sp³-hybridized carbons (Fsp3) is 0.211. The molecule has 0 bridgehead atoms. The number of fused-ring (bicyclic) bond motifs is 6. The highest BCUT2D eigenvalue weighted by Crippen LogP contribution is 2.50. The number of hydrogen-bond acceptors (Lipinski definition) is 0. The third-order valence-electron chi connectivity index (χ3n) is 8.55. The molecule has 0 N–H and O–H groups in total. The number of rotatable bonds is 2. The highest BCUT2D eigenvalue weighted by atomic mass is 79.9. The zero-order chi connectivity index (χ0) is 29.6. The van der Waals surface area contributed by atoms with E-state index in [1.165, 1.54) is 54.7 Å². The van der Waals surface area contributed by atoms with E-state index in [0.717, 1.165) is 20.3 Å². The zero-order valence-electron chi connectivity index (χ0n) is 24.9. The fourth-order valence-corrected chi connectivity index (χ4v) is 7.86. The molecule has 42 heavy (non-hydrogen) atoms. The molecule has 4 heteroatoms. The van der Waals surface area contributed by atoms with Crippen LogP contribution in [0.3, 0.4) is 0 Å². The fourth-order valence-electron chi connectivity index (χ4n) is 6.30. The van der Waals surface area contributed by atoms with Crippen molar-refractivity contribution in [3.63, 3.8) is 0 Å². The lowest BCUT2D eigenvalue weighted by atomic mass is 9.86. The summed E-state index contributed by atoms with van der Waals surface area (Å²) in [6.45, 7) is 13.7. The second kappa shape index (κ2) is 9.59. The van der Waals surface area contributed by atoms with Gasteiger partial charge < -0.3 is 9.13 Å². The van der Waals surface area contributed by atoms with Crippen LogP contribution in [0.2, 0.25) is 0 Å². The Labute approximate surface area is 264 Å². The Bertz CT molecular complexity index is 2000. The minimum atomic E-state index is 0.0332. The Kier molecular flexibility index (Phi) is 6.27. The summed E-state index contributed by atoms with van der Waals surface area (Å²) in [6, 6.07) is 35.4. The van der Waals surface area contributed by atoms with Gasteiger partial charge in [-0.3, -0.25) is 0 Å². The van der Waals surface area contributed by atoms with Gasteiger partial charge in [-0.15, -0.1) is 0 Å². The van der Waals surface area contributed by atoms with E-state index >= 15 is 0 Å². The maximum atomic E-state index is 4.23. The van der Waals surface area contributed by atoms with Crippen LogP contribution in [0.1, 0.15) is 52.7 Å². The lowest BCUT2D eigenvalue weighted by Gasteiger charge is -2.19. The lowest BCUT2D eigenvalue weighted by Crippen LogP contribution is -2.10. The van der Waals surface area contributed by atoms with E-state index in [1.807, 2.05) is 0 Å². The van der Waals surface area contributed by atoms with Crippen molar-refractivity contribution in [2.24, 2.45) is 0 Å². The Hall–Kier alpha value is -3.34. The highest BCUT2D eigenvalue weighted by Gasteiger charge is 2.27. The average molecular weight is 679 g/mol. The van der Waals surface area contributed by atoms with E-state index in [2.05, 4.69) is 180 Å². The molecule has 2 heterocycles.